The molecule has 0 amide bonds. The Morgan fingerprint density at radius 3 is 2.32 bits per heavy atom. The molecule has 0 radical (unpaired) electrons. The molecule has 2 nitrogen and oxygen atoms in total. The summed E-state index contributed by atoms with van der Waals surface area (Å²) in [6.45, 7) is 11.5. The zero-order chi connectivity index (χ0) is 17.1. The lowest BCUT2D eigenvalue weighted by Crippen LogP contribution is -2.40. The topological polar surface area (TPSA) is 21.3 Å². The third-order valence-electron chi connectivity index (χ3n) is 3.84. The molecule has 0 saturated carbocycles. The van der Waals surface area contributed by atoms with Crippen molar-refractivity contribution < 1.29 is 17.9 Å². The molecule has 0 spiro atoms. The first-order valence-corrected chi connectivity index (χ1v) is 7.24. The van der Waals surface area contributed by atoms with Gasteiger partial charge in [-0.25, -0.2) is 0 Å². The van der Waals surface area contributed by atoms with Crippen LogP contribution in [0.3, 0.4) is 0 Å². The predicted octanol–water partition coefficient (Wildman–Crippen LogP) is 4.56. The largest absolute Gasteiger partial charge is 0.492 e. The number of hydrogen-bond donors (Lipinski definition) is 1. The summed E-state index contributed by atoms with van der Waals surface area (Å²) >= 11 is 0. The molecule has 0 aliphatic carbocycles. The number of benzene rings is 1. The van der Waals surface area contributed by atoms with Crippen LogP contribution in [-0.2, 0) is 17.3 Å². The van der Waals surface area contributed by atoms with Gasteiger partial charge in [0, 0.05) is 11.1 Å². The Balaban J connectivity index is 3.11. The molecule has 0 aliphatic rings. The smallest absolute Gasteiger partial charge is 0.416 e. The molecule has 0 aromatic heterocycles. The van der Waals surface area contributed by atoms with Gasteiger partial charge < -0.3 is 10.1 Å². The monoisotopic (exact) mass is 315 g/mol. The third kappa shape index (κ3) is 4.26. The molecule has 5 heteroatoms. The van der Waals surface area contributed by atoms with Crippen LogP contribution in [0.15, 0.2) is 18.7 Å². The van der Waals surface area contributed by atoms with Crippen molar-refractivity contribution in [3.05, 3.63) is 41.0 Å². The SMILES string of the molecule is C=C(OCC(C)(C)NC)c1ccc(C(F)(F)F)c(C)c1CC. The summed E-state index contributed by atoms with van der Waals surface area (Å²) in [5.74, 6) is 0.400. The van der Waals surface area contributed by atoms with E-state index in [1.807, 2.05) is 27.8 Å². The van der Waals surface area contributed by atoms with Gasteiger partial charge in [-0.1, -0.05) is 19.6 Å². The number of nitrogens with one attached hydrogen (secondary N) is 1. The van der Waals surface area contributed by atoms with Crippen molar-refractivity contribution in [2.24, 2.45) is 0 Å². The molecule has 0 aliphatic heterocycles. The van der Waals surface area contributed by atoms with Gasteiger partial charge in [0.15, 0.2) is 0 Å². The van der Waals surface area contributed by atoms with Crippen LogP contribution in [0.4, 0.5) is 13.2 Å². The molecule has 1 aromatic carbocycles. The molecule has 0 fully saturated rings. The van der Waals surface area contributed by atoms with Gasteiger partial charge >= 0.3 is 6.18 Å². The van der Waals surface area contributed by atoms with Crippen molar-refractivity contribution in [3.63, 3.8) is 0 Å². The van der Waals surface area contributed by atoms with Crippen molar-refractivity contribution >= 4 is 5.76 Å². The standard InChI is InChI=1S/C17H24F3NO/c1-7-13-11(2)15(17(18,19)20)9-8-14(13)12(3)22-10-16(4,5)21-6/h8-9,21H,3,7,10H2,1-2,4-6H3. The van der Waals surface area contributed by atoms with E-state index in [0.29, 0.717) is 29.9 Å². The normalized spacial score (nSPS) is 12.4. The molecule has 22 heavy (non-hydrogen) atoms. The number of ether oxygens (including phenoxy) is 1. The highest BCUT2D eigenvalue weighted by Crippen LogP contribution is 2.35. The minimum absolute atomic E-state index is 0.240. The summed E-state index contributed by atoms with van der Waals surface area (Å²) in [7, 11) is 1.83. The molecule has 0 saturated heterocycles. The highest BCUT2D eigenvalue weighted by atomic mass is 19.4. The fourth-order valence-electron chi connectivity index (χ4n) is 2.20. The molecular weight excluding hydrogens is 291 g/mol. The Kier molecular flexibility index (Phi) is 5.68. The second-order valence-corrected chi connectivity index (χ2v) is 5.96. The van der Waals surface area contributed by atoms with E-state index in [4.69, 9.17) is 4.74 Å². The van der Waals surface area contributed by atoms with Crippen molar-refractivity contribution in [2.45, 2.75) is 45.8 Å². The number of hydrogen-bond acceptors (Lipinski definition) is 2. The minimum Gasteiger partial charge on any atom is -0.492 e. The van der Waals surface area contributed by atoms with Crippen molar-refractivity contribution in [3.8, 4) is 0 Å². The van der Waals surface area contributed by atoms with Gasteiger partial charge in [-0.3, -0.25) is 0 Å². The highest BCUT2D eigenvalue weighted by molar-refractivity contribution is 5.64. The van der Waals surface area contributed by atoms with Crippen LogP contribution >= 0.6 is 0 Å². The van der Waals surface area contributed by atoms with Gasteiger partial charge in [-0.15, -0.1) is 0 Å². The second kappa shape index (κ2) is 6.73. The summed E-state index contributed by atoms with van der Waals surface area (Å²) < 4.78 is 44.6. The summed E-state index contributed by atoms with van der Waals surface area (Å²) in [4.78, 5) is 0. The van der Waals surface area contributed by atoms with E-state index in [0.717, 1.165) is 6.07 Å². The minimum atomic E-state index is -4.34. The van der Waals surface area contributed by atoms with Crippen LogP contribution in [0.1, 0.15) is 43.0 Å². The molecule has 0 unspecified atom stereocenters. The third-order valence-corrected chi connectivity index (χ3v) is 3.84. The summed E-state index contributed by atoms with van der Waals surface area (Å²) in [5.41, 5.74) is 0.666. The lowest BCUT2D eigenvalue weighted by atomic mass is 9.94. The quantitative estimate of drug-likeness (QED) is 0.777. The van der Waals surface area contributed by atoms with Gasteiger partial charge in [0.05, 0.1) is 5.56 Å². The lowest BCUT2D eigenvalue weighted by molar-refractivity contribution is -0.138. The lowest BCUT2D eigenvalue weighted by Gasteiger charge is -2.25. The maximum Gasteiger partial charge on any atom is 0.416 e. The number of halogens is 3. The molecule has 124 valence electrons. The van der Waals surface area contributed by atoms with Crippen molar-refractivity contribution in [1.29, 1.82) is 0 Å². The van der Waals surface area contributed by atoms with Crippen LogP contribution in [0.5, 0.6) is 0 Å². The van der Waals surface area contributed by atoms with E-state index in [2.05, 4.69) is 11.9 Å². The van der Waals surface area contributed by atoms with E-state index in [1.54, 1.807) is 0 Å². The number of likely N-dealkylation sites (N-methyl/N-ethyl adjacent to an activating group) is 1. The predicted molar refractivity (Wildman–Crippen MR) is 83.7 cm³/mol. The number of rotatable bonds is 6. The van der Waals surface area contributed by atoms with Crippen LogP contribution in [0.25, 0.3) is 5.76 Å². The van der Waals surface area contributed by atoms with Gasteiger partial charge in [0.1, 0.15) is 12.4 Å². The van der Waals surface area contributed by atoms with Gasteiger partial charge in [0.2, 0.25) is 0 Å². The zero-order valence-electron chi connectivity index (χ0n) is 13.8. The summed E-state index contributed by atoms with van der Waals surface area (Å²) in [6, 6.07) is 2.55. The van der Waals surface area contributed by atoms with Crippen LogP contribution in [0.2, 0.25) is 0 Å². The highest BCUT2D eigenvalue weighted by Gasteiger charge is 2.33. The average molecular weight is 315 g/mol. The molecule has 0 bridgehead atoms. The fraction of sp³-hybridized carbons (Fsp3) is 0.529. The van der Waals surface area contributed by atoms with E-state index in [9.17, 15) is 13.2 Å². The first kappa shape index (κ1) is 18.6. The van der Waals surface area contributed by atoms with Crippen molar-refractivity contribution in [2.75, 3.05) is 13.7 Å². The molecule has 0 heterocycles. The van der Waals surface area contributed by atoms with E-state index in [1.165, 1.54) is 13.0 Å². The van der Waals surface area contributed by atoms with Gasteiger partial charge in [0.25, 0.3) is 0 Å². The Labute approximate surface area is 130 Å². The molecule has 1 N–H and O–H groups in total. The summed E-state index contributed by atoms with van der Waals surface area (Å²) in [6.07, 6.45) is -3.86. The maximum absolute atomic E-state index is 13.0. The van der Waals surface area contributed by atoms with Gasteiger partial charge in [-0.2, -0.15) is 13.2 Å². The fourth-order valence-corrected chi connectivity index (χ4v) is 2.20. The molecule has 1 rings (SSSR count). The average Bonchev–Trinajstić information content (AvgIpc) is 2.43. The Morgan fingerprint density at radius 2 is 1.86 bits per heavy atom. The maximum atomic E-state index is 13.0. The molecule has 1 aromatic rings. The van der Waals surface area contributed by atoms with Crippen LogP contribution in [0, 0.1) is 6.92 Å². The van der Waals surface area contributed by atoms with Crippen LogP contribution < -0.4 is 5.32 Å². The number of alkyl halides is 3. The van der Waals surface area contributed by atoms with E-state index < -0.39 is 11.7 Å². The molecular formula is C17H24F3NO. The van der Waals surface area contributed by atoms with E-state index in [-0.39, 0.29) is 11.1 Å². The first-order valence-electron chi connectivity index (χ1n) is 7.24. The summed E-state index contributed by atoms with van der Waals surface area (Å²) in [5, 5.41) is 3.10. The zero-order valence-corrected chi connectivity index (χ0v) is 13.8. The van der Waals surface area contributed by atoms with E-state index >= 15 is 0 Å². The Hall–Kier alpha value is -1.49. The Morgan fingerprint density at radius 1 is 1.27 bits per heavy atom. The first-order chi connectivity index (χ1) is 10.0. The second-order valence-electron chi connectivity index (χ2n) is 5.96. The van der Waals surface area contributed by atoms with Crippen LogP contribution in [-0.4, -0.2) is 19.2 Å². The van der Waals surface area contributed by atoms with Gasteiger partial charge in [-0.05, 0) is 51.4 Å². The Bertz CT molecular complexity index is 548. The van der Waals surface area contributed by atoms with Crippen molar-refractivity contribution in [1.82, 2.24) is 5.32 Å². The molecule has 0 atom stereocenters.